The van der Waals surface area contributed by atoms with Gasteiger partial charge in [-0.25, -0.2) is 4.98 Å². The van der Waals surface area contributed by atoms with Crippen molar-refractivity contribution in [2.45, 2.75) is 58.3 Å². The fourth-order valence-corrected chi connectivity index (χ4v) is 3.54. The van der Waals surface area contributed by atoms with Gasteiger partial charge in [0.2, 0.25) is 0 Å². The minimum Gasteiger partial charge on any atom is -0.381 e. The Hall–Kier alpha value is -1.68. The van der Waals surface area contributed by atoms with Gasteiger partial charge in [0.25, 0.3) is 0 Å². The van der Waals surface area contributed by atoms with E-state index in [0.717, 1.165) is 50.8 Å². The van der Waals surface area contributed by atoms with Gasteiger partial charge in [-0.1, -0.05) is 20.8 Å². The number of fused-ring (bicyclic) bond motifs is 1. The highest BCUT2D eigenvalue weighted by Crippen LogP contribution is 2.30. The summed E-state index contributed by atoms with van der Waals surface area (Å²) in [5.41, 5.74) is 4.74. The van der Waals surface area contributed by atoms with E-state index in [2.05, 4.69) is 43.5 Å². The van der Waals surface area contributed by atoms with Crippen LogP contribution in [-0.4, -0.2) is 28.9 Å². The van der Waals surface area contributed by atoms with E-state index in [1.165, 1.54) is 17.0 Å². The second-order valence-corrected chi connectivity index (χ2v) is 7.89. The molecule has 0 saturated carbocycles. The fourth-order valence-electron chi connectivity index (χ4n) is 3.54. The maximum absolute atomic E-state index is 10.6. The zero-order valence-corrected chi connectivity index (χ0v) is 15.0. The molecule has 3 rings (SSSR count). The summed E-state index contributed by atoms with van der Waals surface area (Å²) in [5, 5.41) is 0. The molecule has 0 spiro atoms. The highest BCUT2D eigenvalue weighted by molar-refractivity contribution is 5.52. The number of aryl methyl sites for hydroxylation is 1. The van der Waals surface area contributed by atoms with Crippen LogP contribution in [0.4, 0.5) is 0 Å². The maximum atomic E-state index is 10.6. The topological polar surface area (TPSA) is 43.6 Å². The van der Waals surface area contributed by atoms with Crippen molar-refractivity contribution < 1.29 is 9.53 Å². The molecule has 4 heteroatoms. The van der Waals surface area contributed by atoms with Gasteiger partial charge in [-0.2, -0.15) is 0 Å². The number of imidazole rings is 1. The third-order valence-corrected chi connectivity index (χ3v) is 4.87. The van der Waals surface area contributed by atoms with Crippen LogP contribution in [0.1, 0.15) is 57.0 Å². The highest BCUT2D eigenvalue weighted by atomic mass is 16.5. The Morgan fingerprint density at radius 1 is 1.33 bits per heavy atom. The number of hydrogen-bond acceptors (Lipinski definition) is 3. The van der Waals surface area contributed by atoms with Crippen LogP contribution < -0.4 is 0 Å². The van der Waals surface area contributed by atoms with Gasteiger partial charge in [-0.3, -0.25) is 0 Å². The van der Waals surface area contributed by atoms with E-state index < -0.39 is 0 Å². The summed E-state index contributed by atoms with van der Waals surface area (Å²) in [4.78, 5) is 15.6. The summed E-state index contributed by atoms with van der Waals surface area (Å²) < 4.78 is 7.76. The van der Waals surface area contributed by atoms with Crippen LogP contribution >= 0.6 is 0 Å². The lowest BCUT2D eigenvalue weighted by atomic mass is 9.86. The van der Waals surface area contributed by atoms with E-state index in [-0.39, 0.29) is 5.41 Å². The molecule has 4 nitrogen and oxygen atoms in total. The van der Waals surface area contributed by atoms with Crippen LogP contribution in [0.2, 0.25) is 0 Å². The lowest BCUT2D eigenvalue weighted by Crippen LogP contribution is -2.21. The van der Waals surface area contributed by atoms with Gasteiger partial charge < -0.3 is 13.9 Å². The normalized spacial score (nSPS) is 16.6. The Balaban J connectivity index is 1.98. The van der Waals surface area contributed by atoms with Crippen molar-refractivity contribution in [3.63, 3.8) is 0 Å². The van der Waals surface area contributed by atoms with E-state index >= 15 is 0 Å². The van der Waals surface area contributed by atoms with Crippen molar-refractivity contribution in [1.82, 2.24) is 9.38 Å². The molecule has 0 bridgehead atoms. The van der Waals surface area contributed by atoms with Crippen molar-refractivity contribution >= 4 is 11.9 Å². The summed E-state index contributed by atoms with van der Waals surface area (Å²) in [6.45, 7) is 8.45. The van der Waals surface area contributed by atoms with Crippen LogP contribution in [0.15, 0.2) is 18.3 Å². The summed E-state index contributed by atoms with van der Waals surface area (Å²) in [5.74, 6) is 0.675. The van der Waals surface area contributed by atoms with Crippen molar-refractivity contribution in [1.29, 1.82) is 0 Å². The molecule has 0 aromatic carbocycles. The second-order valence-electron chi connectivity index (χ2n) is 7.89. The van der Waals surface area contributed by atoms with Gasteiger partial charge >= 0.3 is 0 Å². The number of carbonyl (C=O) groups excluding carboxylic acids is 1. The van der Waals surface area contributed by atoms with E-state index in [9.17, 15) is 4.79 Å². The minimum absolute atomic E-state index is 0.0233. The van der Waals surface area contributed by atoms with Gasteiger partial charge in [-0.15, -0.1) is 0 Å². The van der Waals surface area contributed by atoms with Gasteiger partial charge in [-0.05, 0) is 49.3 Å². The Morgan fingerprint density at radius 2 is 2.08 bits per heavy atom. The number of ether oxygens (including phenoxy) is 1. The molecular formula is C20H28N2O2. The number of aldehydes is 1. The number of hydrogen-bond donors (Lipinski definition) is 0. The van der Waals surface area contributed by atoms with E-state index in [0.29, 0.717) is 12.3 Å². The molecule has 24 heavy (non-hydrogen) atoms. The number of rotatable bonds is 5. The average Bonchev–Trinajstić information content (AvgIpc) is 2.92. The molecule has 0 unspecified atom stereocenters. The van der Waals surface area contributed by atoms with Crippen LogP contribution in [0.3, 0.4) is 0 Å². The number of nitrogens with zero attached hydrogens (tertiary/aromatic N) is 2. The Morgan fingerprint density at radius 3 is 2.75 bits per heavy atom. The molecule has 0 amide bonds. The highest BCUT2D eigenvalue weighted by Gasteiger charge is 2.26. The van der Waals surface area contributed by atoms with E-state index in [1.807, 2.05) is 0 Å². The first kappa shape index (κ1) is 17.2. The number of carbonyl (C=O) groups is 1. The maximum Gasteiger partial charge on any atom is 0.137 e. The Kier molecular flexibility index (Phi) is 5.04. The van der Waals surface area contributed by atoms with Crippen molar-refractivity contribution in [3.05, 3.63) is 35.3 Å². The molecule has 1 saturated heterocycles. The fraction of sp³-hybridized carbons (Fsp3) is 0.600. The molecule has 2 aromatic heterocycles. The molecule has 0 radical (unpaired) electrons. The van der Waals surface area contributed by atoms with Crippen molar-refractivity contribution in [3.8, 4) is 0 Å². The lowest BCUT2D eigenvalue weighted by molar-refractivity contribution is -0.107. The molecular weight excluding hydrogens is 300 g/mol. The lowest BCUT2D eigenvalue weighted by Gasteiger charge is -2.24. The molecule has 3 heterocycles. The van der Waals surface area contributed by atoms with Crippen LogP contribution in [-0.2, 0) is 27.8 Å². The van der Waals surface area contributed by atoms with E-state index in [1.54, 1.807) is 0 Å². The first-order valence-corrected chi connectivity index (χ1v) is 9.01. The predicted molar refractivity (Wildman–Crippen MR) is 95.5 cm³/mol. The summed E-state index contributed by atoms with van der Waals surface area (Å²) in [6, 6.07) is 4.25. The smallest absolute Gasteiger partial charge is 0.137 e. The summed E-state index contributed by atoms with van der Waals surface area (Å²) in [6.07, 6.45) is 7.79. The van der Waals surface area contributed by atoms with Gasteiger partial charge in [0.05, 0.1) is 5.69 Å². The molecule has 0 N–H and O–H groups in total. The quantitative estimate of drug-likeness (QED) is 0.786. The first-order chi connectivity index (χ1) is 11.5. The second kappa shape index (κ2) is 7.06. The van der Waals surface area contributed by atoms with Crippen LogP contribution in [0.25, 0.3) is 5.65 Å². The predicted octanol–water partition coefficient (Wildman–Crippen LogP) is 3.73. The van der Waals surface area contributed by atoms with Crippen molar-refractivity contribution in [2.24, 2.45) is 5.92 Å². The van der Waals surface area contributed by atoms with Gasteiger partial charge in [0, 0.05) is 36.9 Å². The Bertz CT molecular complexity index is 706. The largest absolute Gasteiger partial charge is 0.381 e. The van der Waals surface area contributed by atoms with E-state index in [4.69, 9.17) is 9.72 Å². The monoisotopic (exact) mass is 328 g/mol. The number of pyridine rings is 1. The molecule has 130 valence electrons. The first-order valence-electron chi connectivity index (χ1n) is 9.01. The zero-order valence-electron chi connectivity index (χ0n) is 15.0. The summed E-state index contributed by atoms with van der Waals surface area (Å²) in [7, 11) is 0. The molecule has 1 aliphatic heterocycles. The number of aromatic nitrogens is 2. The van der Waals surface area contributed by atoms with Crippen LogP contribution in [0.5, 0.6) is 0 Å². The SMILES string of the molecule is CC(C)(C)c1nc2cc(CCC=O)ccn2c1CC1CCOCC1. The molecule has 1 aliphatic rings. The Labute approximate surface area is 144 Å². The zero-order chi connectivity index (χ0) is 17.2. The third kappa shape index (κ3) is 3.69. The molecule has 0 atom stereocenters. The van der Waals surface area contributed by atoms with Crippen molar-refractivity contribution in [2.75, 3.05) is 13.2 Å². The van der Waals surface area contributed by atoms with Gasteiger partial charge in [0.15, 0.2) is 0 Å². The standard InChI is InChI=1S/C20H28N2O2/c1-20(2,3)19-17(13-16-7-11-24-12-8-16)22-9-6-15(5-4-10-23)14-18(22)21-19/h6,9-10,14,16H,4-5,7-8,11-13H2,1-3H3. The summed E-state index contributed by atoms with van der Waals surface area (Å²) >= 11 is 0. The third-order valence-electron chi connectivity index (χ3n) is 4.87. The molecule has 2 aromatic rings. The molecule has 0 aliphatic carbocycles. The van der Waals surface area contributed by atoms with Gasteiger partial charge in [0.1, 0.15) is 11.9 Å². The molecule has 1 fully saturated rings. The van der Waals surface area contributed by atoms with Crippen LogP contribution in [0, 0.1) is 5.92 Å². The average molecular weight is 328 g/mol. The minimum atomic E-state index is 0.0233.